The number of nitrogens with one attached hydrogen (secondary N) is 1. The summed E-state index contributed by atoms with van der Waals surface area (Å²) in [4.78, 5) is 14.6. The summed E-state index contributed by atoms with van der Waals surface area (Å²) >= 11 is 6.05. The molecule has 2 aromatic rings. The molecule has 0 bridgehead atoms. The molecule has 1 amide bonds. The second-order valence-electron chi connectivity index (χ2n) is 5.43. The fraction of sp³-hybridized carbons (Fsp3) is 0.235. The van der Waals surface area contributed by atoms with Crippen molar-refractivity contribution < 1.29 is 4.79 Å². The molecule has 0 saturated carbocycles. The first-order valence-corrected chi connectivity index (χ1v) is 7.73. The van der Waals surface area contributed by atoms with Gasteiger partial charge in [0, 0.05) is 30.2 Å². The molecule has 4 nitrogen and oxygen atoms in total. The molecule has 3 N–H and O–H groups in total. The van der Waals surface area contributed by atoms with Crippen molar-refractivity contribution in [2.24, 2.45) is 0 Å². The zero-order valence-corrected chi connectivity index (χ0v) is 12.9. The van der Waals surface area contributed by atoms with Crippen molar-refractivity contribution in [2.75, 3.05) is 29.0 Å². The summed E-state index contributed by atoms with van der Waals surface area (Å²) in [5.74, 6) is -0.237. The lowest BCUT2D eigenvalue weighted by Gasteiger charge is -2.17. The van der Waals surface area contributed by atoms with E-state index in [0.717, 1.165) is 18.8 Å². The first kappa shape index (κ1) is 14.7. The highest BCUT2D eigenvalue weighted by molar-refractivity contribution is 6.34. The third-order valence-corrected chi connectivity index (χ3v) is 4.15. The summed E-state index contributed by atoms with van der Waals surface area (Å²) in [7, 11) is 0. The van der Waals surface area contributed by atoms with Crippen LogP contribution < -0.4 is 16.0 Å². The molecule has 0 unspecified atom stereocenters. The molecule has 2 aromatic carbocycles. The molecular formula is C17H18ClN3O. The summed E-state index contributed by atoms with van der Waals surface area (Å²) in [6, 6.07) is 12.8. The SMILES string of the molecule is Nc1ccc(C(=O)Nc2ccc(N3CCCC3)cc2)c(Cl)c1. The topological polar surface area (TPSA) is 58.4 Å². The zero-order chi connectivity index (χ0) is 15.5. The van der Waals surface area contributed by atoms with E-state index in [4.69, 9.17) is 17.3 Å². The number of nitrogen functional groups attached to an aromatic ring is 1. The maximum Gasteiger partial charge on any atom is 0.257 e. The van der Waals surface area contributed by atoms with E-state index in [1.165, 1.54) is 18.5 Å². The van der Waals surface area contributed by atoms with Crippen molar-refractivity contribution in [2.45, 2.75) is 12.8 Å². The van der Waals surface area contributed by atoms with Gasteiger partial charge in [0.15, 0.2) is 0 Å². The number of anilines is 3. The lowest BCUT2D eigenvalue weighted by molar-refractivity contribution is 0.102. The van der Waals surface area contributed by atoms with Gasteiger partial charge >= 0.3 is 0 Å². The number of rotatable bonds is 3. The number of halogens is 1. The van der Waals surface area contributed by atoms with Crippen LogP contribution in [0.5, 0.6) is 0 Å². The van der Waals surface area contributed by atoms with Crippen molar-refractivity contribution in [3.05, 3.63) is 53.1 Å². The fourth-order valence-corrected chi connectivity index (χ4v) is 2.92. The minimum atomic E-state index is -0.237. The highest BCUT2D eigenvalue weighted by atomic mass is 35.5. The van der Waals surface area contributed by atoms with Crippen LogP contribution in [0, 0.1) is 0 Å². The Labute approximate surface area is 134 Å². The van der Waals surface area contributed by atoms with Crippen LogP contribution in [0.25, 0.3) is 0 Å². The van der Waals surface area contributed by atoms with Gasteiger partial charge in [-0.05, 0) is 55.3 Å². The monoisotopic (exact) mass is 315 g/mol. The van der Waals surface area contributed by atoms with Gasteiger partial charge in [0.25, 0.3) is 5.91 Å². The number of carbonyl (C=O) groups excluding carboxylic acids is 1. The number of nitrogens with two attached hydrogens (primary N) is 1. The average Bonchev–Trinajstić information content (AvgIpc) is 3.02. The maximum absolute atomic E-state index is 12.2. The first-order valence-electron chi connectivity index (χ1n) is 7.35. The number of amides is 1. The highest BCUT2D eigenvalue weighted by Gasteiger charge is 2.13. The number of hydrogen-bond donors (Lipinski definition) is 2. The fourth-order valence-electron chi connectivity index (χ4n) is 2.64. The summed E-state index contributed by atoms with van der Waals surface area (Å²) < 4.78 is 0. The quantitative estimate of drug-likeness (QED) is 0.848. The van der Waals surface area contributed by atoms with Gasteiger partial charge in [-0.15, -0.1) is 0 Å². The van der Waals surface area contributed by atoms with Gasteiger partial charge in [-0.25, -0.2) is 0 Å². The van der Waals surface area contributed by atoms with E-state index in [9.17, 15) is 4.79 Å². The zero-order valence-electron chi connectivity index (χ0n) is 12.2. The van der Waals surface area contributed by atoms with Gasteiger partial charge in [0.05, 0.1) is 10.6 Å². The van der Waals surface area contributed by atoms with E-state index in [1.807, 2.05) is 24.3 Å². The second kappa shape index (κ2) is 6.28. The molecule has 3 rings (SSSR count). The summed E-state index contributed by atoms with van der Waals surface area (Å²) in [6.45, 7) is 2.21. The van der Waals surface area contributed by atoms with Crippen LogP contribution in [0.15, 0.2) is 42.5 Å². The maximum atomic E-state index is 12.2. The summed E-state index contributed by atoms with van der Waals surface area (Å²) in [6.07, 6.45) is 2.49. The number of carbonyl (C=O) groups is 1. The molecule has 0 atom stereocenters. The molecule has 0 aliphatic carbocycles. The molecule has 1 aliphatic rings. The van der Waals surface area contributed by atoms with Crippen molar-refractivity contribution in [1.82, 2.24) is 0 Å². The van der Waals surface area contributed by atoms with Gasteiger partial charge in [-0.2, -0.15) is 0 Å². The van der Waals surface area contributed by atoms with Crippen LogP contribution in [-0.4, -0.2) is 19.0 Å². The Bertz CT molecular complexity index is 679. The smallest absolute Gasteiger partial charge is 0.257 e. The van der Waals surface area contributed by atoms with Crippen LogP contribution in [0.3, 0.4) is 0 Å². The van der Waals surface area contributed by atoms with E-state index < -0.39 is 0 Å². The van der Waals surface area contributed by atoms with Gasteiger partial charge in [0.2, 0.25) is 0 Å². The Balaban J connectivity index is 1.71. The van der Waals surface area contributed by atoms with Crippen LogP contribution in [0.4, 0.5) is 17.1 Å². The molecule has 5 heteroatoms. The first-order chi connectivity index (χ1) is 10.6. The Kier molecular flexibility index (Phi) is 4.20. The minimum absolute atomic E-state index is 0.237. The van der Waals surface area contributed by atoms with Crippen LogP contribution in [-0.2, 0) is 0 Å². The lowest BCUT2D eigenvalue weighted by Crippen LogP contribution is -2.17. The van der Waals surface area contributed by atoms with Gasteiger partial charge in [0.1, 0.15) is 0 Å². The van der Waals surface area contributed by atoms with Crippen LogP contribution >= 0.6 is 11.6 Å². The third-order valence-electron chi connectivity index (χ3n) is 3.83. The van der Waals surface area contributed by atoms with Crippen molar-refractivity contribution in [1.29, 1.82) is 0 Å². The minimum Gasteiger partial charge on any atom is -0.399 e. The molecule has 1 heterocycles. The van der Waals surface area contributed by atoms with Crippen LogP contribution in [0.1, 0.15) is 23.2 Å². The number of hydrogen-bond acceptors (Lipinski definition) is 3. The normalized spacial score (nSPS) is 14.1. The molecule has 0 aromatic heterocycles. The van der Waals surface area contributed by atoms with E-state index in [2.05, 4.69) is 10.2 Å². The van der Waals surface area contributed by atoms with E-state index in [1.54, 1.807) is 18.2 Å². The molecule has 114 valence electrons. The van der Waals surface area contributed by atoms with E-state index in [0.29, 0.717) is 16.3 Å². The summed E-state index contributed by atoms with van der Waals surface area (Å²) in [5.41, 5.74) is 8.54. The third kappa shape index (κ3) is 3.17. The van der Waals surface area contributed by atoms with Crippen molar-refractivity contribution in [3.63, 3.8) is 0 Å². The van der Waals surface area contributed by atoms with Gasteiger partial charge < -0.3 is 16.0 Å². The Morgan fingerprint density at radius 3 is 2.41 bits per heavy atom. The standard InChI is InChI=1S/C17H18ClN3O/c18-16-11-12(19)3-8-15(16)17(22)20-13-4-6-14(7-5-13)21-9-1-2-10-21/h3-8,11H,1-2,9-10,19H2,(H,20,22). The molecular weight excluding hydrogens is 298 g/mol. The molecule has 0 radical (unpaired) electrons. The Morgan fingerprint density at radius 2 is 1.77 bits per heavy atom. The van der Waals surface area contributed by atoms with Gasteiger partial charge in [-0.3, -0.25) is 4.79 Å². The molecule has 22 heavy (non-hydrogen) atoms. The largest absolute Gasteiger partial charge is 0.399 e. The van der Waals surface area contributed by atoms with E-state index in [-0.39, 0.29) is 5.91 Å². The Morgan fingerprint density at radius 1 is 1.09 bits per heavy atom. The molecule has 1 aliphatic heterocycles. The number of nitrogens with zero attached hydrogens (tertiary/aromatic N) is 1. The predicted octanol–water partition coefficient (Wildman–Crippen LogP) is 3.77. The average molecular weight is 316 g/mol. The summed E-state index contributed by atoms with van der Waals surface area (Å²) in [5, 5.41) is 3.21. The number of benzene rings is 2. The van der Waals surface area contributed by atoms with Crippen molar-refractivity contribution in [3.8, 4) is 0 Å². The van der Waals surface area contributed by atoms with E-state index >= 15 is 0 Å². The van der Waals surface area contributed by atoms with Crippen LogP contribution in [0.2, 0.25) is 5.02 Å². The molecule has 0 spiro atoms. The van der Waals surface area contributed by atoms with Crippen molar-refractivity contribution >= 4 is 34.6 Å². The molecule has 1 saturated heterocycles. The molecule has 1 fully saturated rings. The highest BCUT2D eigenvalue weighted by Crippen LogP contribution is 2.24. The predicted molar refractivity (Wildman–Crippen MR) is 91.7 cm³/mol. The van der Waals surface area contributed by atoms with Gasteiger partial charge in [-0.1, -0.05) is 11.6 Å². The Hall–Kier alpha value is -2.20. The second-order valence-corrected chi connectivity index (χ2v) is 5.84. The lowest BCUT2D eigenvalue weighted by atomic mass is 10.2.